The number of amides is 2. The number of rotatable bonds is 6. The molecule has 0 aromatic carbocycles. The summed E-state index contributed by atoms with van der Waals surface area (Å²) in [5.41, 5.74) is 0.737. The van der Waals surface area contributed by atoms with Crippen LogP contribution in [0, 0.1) is 0 Å². The molecule has 0 unspecified atom stereocenters. The Bertz CT molecular complexity index is 877. The van der Waals surface area contributed by atoms with Gasteiger partial charge in [0.2, 0.25) is 0 Å². The molecule has 0 spiro atoms. The molecule has 0 aliphatic rings. The first kappa shape index (κ1) is 16.4. The summed E-state index contributed by atoms with van der Waals surface area (Å²) >= 11 is 0. The van der Waals surface area contributed by atoms with Gasteiger partial charge in [-0.25, -0.2) is 0 Å². The standard InChI is InChI=1S/C15H18N8O2/c1-3-21-9-12(13(20-21)15(25)16-2)18-14(24)11-5-8-23(19-11)10-22-7-4-6-17-22/h4-9H,3,10H2,1-2H3,(H,16,25)(H,18,24). The van der Waals surface area contributed by atoms with E-state index in [0.29, 0.717) is 18.9 Å². The fourth-order valence-corrected chi connectivity index (χ4v) is 2.24. The highest BCUT2D eigenvalue weighted by molar-refractivity contribution is 6.07. The minimum Gasteiger partial charge on any atom is -0.354 e. The lowest BCUT2D eigenvalue weighted by Gasteiger charge is -2.03. The van der Waals surface area contributed by atoms with Crippen molar-refractivity contribution in [3.63, 3.8) is 0 Å². The van der Waals surface area contributed by atoms with E-state index in [0.717, 1.165) is 0 Å². The lowest BCUT2D eigenvalue weighted by molar-refractivity contribution is 0.0958. The minimum absolute atomic E-state index is 0.161. The Labute approximate surface area is 143 Å². The van der Waals surface area contributed by atoms with Crippen LogP contribution in [-0.2, 0) is 13.2 Å². The van der Waals surface area contributed by atoms with E-state index in [2.05, 4.69) is 25.9 Å². The molecule has 3 heterocycles. The molecule has 10 nitrogen and oxygen atoms in total. The molecule has 25 heavy (non-hydrogen) atoms. The Kier molecular flexibility index (Phi) is 4.59. The summed E-state index contributed by atoms with van der Waals surface area (Å²) in [5, 5.41) is 17.7. The summed E-state index contributed by atoms with van der Waals surface area (Å²) in [4.78, 5) is 24.3. The maximum Gasteiger partial charge on any atom is 0.276 e. The molecule has 130 valence electrons. The zero-order valence-electron chi connectivity index (χ0n) is 13.9. The molecule has 3 aromatic rings. The van der Waals surface area contributed by atoms with E-state index < -0.39 is 5.91 Å². The van der Waals surface area contributed by atoms with E-state index in [-0.39, 0.29) is 17.3 Å². The monoisotopic (exact) mass is 342 g/mol. The normalized spacial score (nSPS) is 10.6. The smallest absolute Gasteiger partial charge is 0.276 e. The summed E-state index contributed by atoms with van der Waals surface area (Å²) in [7, 11) is 1.51. The second-order valence-electron chi connectivity index (χ2n) is 5.21. The second-order valence-corrected chi connectivity index (χ2v) is 5.21. The van der Waals surface area contributed by atoms with Crippen LogP contribution >= 0.6 is 0 Å². The molecule has 0 radical (unpaired) electrons. The van der Waals surface area contributed by atoms with E-state index in [1.54, 1.807) is 44.9 Å². The van der Waals surface area contributed by atoms with E-state index in [1.165, 1.54) is 7.05 Å². The number of carbonyl (C=O) groups excluding carboxylic acids is 2. The Balaban J connectivity index is 1.75. The van der Waals surface area contributed by atoms with Crippen LogP contribution in [0.3, 0.4) is 0 Å². The van der Waals surface area contributed by atoms with Crippen LogP contribution in [0.4, 0.5) is 5.69 Å². The van der Waals surface area contributed by atoms with Crippen molar-refractivity contribution < 1.29 is 9.59 Å². The topological polar surface area (TPSA) is 112 Å². The lowest BCUT2D eigenvalue weighted by atomic mass is 10.3. The predicted molar refractivity (Wildman–Crippen MR) is 89.1 cm³/mol. The van der Waals surface area contributed by atoms with Crippen LogP contribution in [0.25, 0.3) is 0 Å². The quantitative estimate of drug-likeness (QED) is 0.674. The molecule has 2 N–H and O–H groups in total. The number of nitrogens with one attached hydrogen (secondary N) is 2. The Hall–Kier alpha value is -3.43. The van der Waals surface area contributed by atoms with Crippen molar-refractivity contribution in [2.45, 2.75) is 20.1 Å². The third-order valence-corrected chi connectivity index (χ3v) is 3.50. The van der Waals surface area contributed by atoms with Gasteiger partial charge >= 0.3 is 0 Å². The first-order valence-corrected chi connectivity index (χ1v) is 7.72. The van der Waals surface area contributed by atoms with Crippen molar-refractivity contribution in [1.82, 2.24) is 34.7 Å². The van der Waals surface area contributed by atoms with E-state index >= 15 is 0 Å². The van der Waals surface area contributed by atoms with Crippen molar-refractivity contribution >= 4 is 17.5 Å². The fraction of sp³-hybridized carbons (Fsp3) is 0.267. The van der Waals surface area contributed by atoms with E-state index in [9.17, 15) is 9.59 Å². The fourth-order valence-electron chi connectivity index (χ4n) is 2.24. The number of aromatic nitrogens is 6. The van der Waals surface area contributed by atoms with Gasteiger partial charge in [0.25, 0.3) is 11.8 Å². The molecule has 3 rings (SSSR count). The zero-order chi connectivity index (χ0) is 17.8. The lowest BCUT2D eigenvalue weighted by Crippen LogP contribution is -2.22. The maximum absolute atomic E-state index is 12.4. The highest BCUT2D eigenvalue weighted by Gasteiger charge is 2.19. The van der Waals surface area contributed by atoms with Crippen molar-refractivity contribution in [3.8, 4) is 0 Å². The van der Waals surface area contributed by atoms with Gasteiger partial charge in [-0.15, -0.1) is 0 Å². The molecule has 0 saturated heterocycles. The van der Waals surface area contributed by atoms with Gasteiger partial charge < -0.3 is 10.6 Å². The van der Waals surface area contributed by atoms with Gasteiger partial charge in [-0.1, -0.05) is 0 Å². The van der Waals surface area contributed by atoms with Gasteiger partial charge in [-0.05, 0) is 19.1 Å². The molecular weight excluding hydrogens is 324 g/mol. The summed E-state index contributed by atoms with van der Waals surface area (Å²) < 4.78 is 4.86. The zero-order valence-corrected chi connectivity index (χ0v) is 13.9. The molecule has 0 saturated carbocycles. The van der Waals surface area contributed by atoms with Crippen molar-refractivity contribution in [3.05, 3.63) is 48.3 Å². The maximum atomic E-state index is 12.4. The van der Waals surface area contributed by atoms with Gasteiger partial charge in [0, 0.05) is 38.4 Å². The Morgan fingerprint density at radius 3 is 2.64 bits per heavy atom. The summed E-state index contributed by atoms with van der Waals surface area (Å²) in [6, 6.07) is 3.41. The SMILES string of the molecule is CCn1cc(NC(=O)c2ccn(Cn3cccn3)n2)c(C(=O)NC)n1. The summed E-state index contributed by atoms with van der Waals surface area (Å²) in [6.07, 6.45) is 6.77. The van der Waals surface area contributed by atoms with Crippen molar-refractivity contribution in [1.29, 1.82) is 0 Å². The number of nitrogens with zero attached hydrogens (tertiary/aromatic N) is 6. The molecule has 3 aromatic heterocycles. The van der Waals surface area contributed by atoms with Crippen molar-refractivity contribution in [2.75, 3.05) is 12.4 Å². The molecule has 10 heteroatoms. The first-order valence-electron chi connectivity index (χ1n) is 7.72. The second kappa shape index (κ2) is 6.99. The molecule has 0 fully saturated rings. The van der Waals surface area contributed by atoms with Crippen LogP contribution in [0.5, 0.6) is 0 Å². The largest absolute Gasteiger partial charge is 0.354 e. The third kappa shape index (κ3) is 3.57. The molecule has 0 atom stereocenters. The summed E-state index contributed by atoms with van der Waals surface area (Å²) in [5.74, 6) is -0.785. The molecule has 0 bridgehead atoms. The highest BCUT2D eigenvalue weighted by atomic mass is 16.2. The van der Waals surface area contributed by atoms with E-state index in [4.69, 9.17) is 0 Å². The van der Waals surface area contributed by atoms with Crippen LogP contribution < -0.4 is 10.6 Å². The minimum atomic E-state index is -0.417. The molecule has 0 aliphatic carbocycles. The van der Waals surface area contributed by atoms with Gasteiger partial charge in [-0.2, -0.15) is 15.3 Å². The molecule has 2 amide bonds. The van der Waals surface area contributed by atoms with Crippen LogP contribution in [0.15, 0.2) is 36.9 Å². The van der Waals surface area contributed by atoms with Gasteiger partial charge in [0.05, 0.1) is 5.69 Å². The third-order valence-electron chi connectivity index (χ3n) is 3.50. The first-order chi connectivity index (χ1) is 12.1. The average Bonchev–Trinajstić information content (AvgIpc) is 3.35. The predicted octanol–water partition coefficient (Wildman–Crippen LogP) is 0.414. The highest BCUT2D eigenvalue weighted by Crippen LogP contribution is 2.15. The number of anilines is 1. The van der Waals surface area contributed by atoms with Gasteiger partial charge in [-0.3, -0.25) is 23.6 Å². The molecular formula is C15H18N8O2. The van der Waals surface area contributed by atoms with Crippen LogP contribution in [-0.4, -0.2) is 48.2 Å². The number of aryl methyl sites for hydroxylation is 1. The Morgan fingerprint density at radius 2 is 1.96 bits per heavy atom. The number of hydrogen-bond donors (Lipinski definition) is 2. The summed E-state index contributed by atoms with van der Waals surface area (Å²) in [6.45, 7) is 2.87. The van der Waals surface area contributed by atoms with Crippen LogP contribution in [0.2, 0.25) is 0 Å². The Morgan fingerprint density at radius 1 is 1.12 bits per heavy atom. The van der Waals surface area contributed by atoms with E-state index in [1.807, 2.05) is 13.0 Å². The van der Waals surface area contributed by atoms with Crippen molar-refractivity contribution in [2.24, 2.45) is 0 Å². The average molecular weight is 342 g/mol. The number of carbonyl (C=O) groups is 2. The molecule has 0 aliphatic heterocycles. The van der Waals surface area contributed by atoms with Crippen LogP contribution in [0.1, 0.15) is 27.9 Å². The van der Waals surface area contributed by atoms with Gasteiger partial charge in [0.1, 0.15) is 6.67 Å². The van der Waals surface area contributed by atoms with Gasteiger partial charge in [0.15, 0.2) is 11.4 Å². The number of hydrogen-bond acceptors (Lipinski definition) is 5.